The van der Waals surface area contributed by atoms with Gasteiger partial charge in [-0.25, -0.2) is 4.39 Å². The topological polar surface area (TPSA) is 41.5 Å². The Morgan fingerprint density at radius 1 is 1.14 bits per heavy atom. The number of hydrogen-bond acceptors (Lipinski definition) is 3. The highest BCUT2D eigenvalue weighted by Crippen LogP contribution is 2.27. The van der Waals surface area contributed by atoms with Crippen molar-refractivity contribution in [3.05, 3.63) is 58.3 Å². The number of ether oxygens (including phenoxy) is 1. The van der Waals surface area contributed by atoms with Gasteiger partial charge in [0.05, 0.1) is 5.02 Å². The molecule has 112 valence electrons. The van der Waals surface area contributed by atoms with Crippen molar-refractivity contribution >= 4 is 28.9 Å². The zero-order valence-electron chi connectivity index (χ0n) is 11.0. The van der Waals surface area contributed by atoms with Crippen molar-refractivity contribution in [3.63, 3.8) is 0 Å². The van der Waals surface area contributed by atoms with Crippen molar-refractivity contribution in [1.29, 1.82) is 0 Å². The number of aliphatic hydroxyl groups is 1. The Bertz CT molecular complexity index is 593. The molecule has 2 aromatic rings. The molecule has 0 radical (unpaired) electrons. The van der Waals surface area contributed by atoms with Gasteiger partial charge in [0.2, 0.25) is 0 Å². The Morgan fingerprint density at radius 3 is 2.52 bits per heavy atom. The van der Waals surface area contributed by atoms with Crippen LogP contribution in [0, 0.1) is 5.82 Å². The summed E-state index contributed by atoms with van der Waals surface area (Å²) >= 11 is 11.7. The monoisotopic (exact) mass is 329 g/mol. The molecule has 3 nitrogen and oxygen atoms in total. The largest absolute Gasteiger partial charge is 0.489 e. The van der Waals surface area contributed by atoms with E-state index < -0.39 is 6.10 Å². The summed E-state index contributed by atoms with van der Waals surface area (Å²) in [6, 6.07) is 10.8. The Hall–Kier alpha value is -1.49. The van der Waals surface area contributed by atoms with Gasteiger partial charge >= 0.3 is 0 Å². The van der Waals surface area contributed by atoms with E-state index in [1.807, 2.05) is 0 Å². The fraction of sp³-hybridized carbons (Fsp3) is 0.200. The van der Waals surface area contributed by atoms with Crippen molar-refractivity contribution in [2.75, 3.05) is 18.5 Å². The zero-order valence-corrected chi connectivity index (χ0v) is 12.5. The Morgan fingerprint density at radius 2 is 1.86 bits per heavy atom. The molecule has 0 saturated carbocycles. The van der Waals surface area contributed by atoms with Gasteiger partial charge in [-0.3, -0.25) is 0 Å². The normalized spacial score (nSPS) is 12.0. The third-order valence-electron chi connectivity index (χ3n) is 2.71. The van der Waals surface area contributed by atoms with Gasteiger partial charge in [0.1, 0.15) is 24.3 Å². The summed E-state index contributed by atoms with van der Waals surface area (Å²) in [4.78, 5) is 0. The van der Waals surface area contributed by atoms with Crippen LogP contribution < -0.4 is 10.1 Å². The molecular formula is C15H14Cl2FNO2. The summed E-state index contributed by atoms with van der Waals surface area (Å²) in [6.07, 6.45) is -0.734. The molecule has 0 bridgehead atoms. The van der Waals surface area contributed by atoms with E-state index in [9.17, 15) is 9.50 Å². The number of nitrogens with one attached hydrogen (secondary N) is 1. The first kappa shape index (κ1) is 15.9. The third-order valence-corrected chi connectivity index (χ3v) is 3.24. The minimum atomic E-state index is -0.734. The SMILES string of the molecule is OC(CNc1ccc(F)cc1)COc1ccc(Cl)cc1Cl. The molecular weight excluding hydrogens is 316 g/mol. The number of aliphatic hydroxyl groups excluding tert-OH is 1. The van der Waals surface area contributed by atoms with Gasteiger partial charge in [-0.1, -0.05) is 23.2 Å². The van der Waals surface area contributed by atoms with Gasteiger partial charge in [-0.2, -0.15) is 0 Å². The van der Waals surface area contributed by atoms with Gasteiger partial charge < -0.3 is 15.2 Å². The van der Waals surface area contributed by atoms with E-state index in [1.165, 1.54) is 12.1 Å². The molecule has 2 aromatic carbocycles. The lowest BCUT2D eigenvalue weighted by Gasteiger charge is -2.14. The highest BCUT2D eigenvalue weighted by molar-refractivity contribution is 6.35. The second-order valence-electron chi connectivity index (χ2n) is 4.43. The van der Waals surface area contributed by atoms with Crippen LogP contribution in [0.3, 0.4) is 0 Å². The highest BCUT2D eigenvalue weighted by Gasteiger charge is 2.08. The van der Waals surface area contributed by atoms with Crippen LogP contribution in [-0.2, 0) is 0 Å². The van der Waals surface area contributed by atoms with Crippen LogP contribution in [0.5, 0.6) is 5.75 Å². The molecule has 0 saturated heterocycles. The first-order chi connectivity index (χ1) is 10.0. The molecule has 0 aromatic heterocycles. The van der Waals surface area contributed by atoms with Gasteiger partial charge in [-0.05, 0) is 42.5 Å². The van der Waals surface area contributed by atoms with E-state index >= 15 is 0 Å². The van der Waals surface area contributed by atoms with E-state index in [2.05, 4.69) is 5.32 Å². The van der Waals surface area contributed by atoms with Gasteiger partial charge in [0.25, 0.3) is 0 Å². The molecule has 0 aliphatic carbocycles. The maximum Gasteiger partial charge on any atom is 0.138 e. The van der Waals surface area contributed by atoms with Gasteiger partial charge in [0, 0.05) is 17.3 Å². The van der Waals surface area contributed by atoms with Crippen molar-refractivity contribution in [2.24, 2.45) is 0 Å². The predicted octanol–water partition coefficient (Wildman–Crippen LogP) is 3.98. The van der Waals surface area contributed by atoms with Crippen molar-refractivity contribution in [3.8, 4) is 5.75 Å². The molecule has 0 amide bonds. The van der Waals surface area contributed by atoms with E-state index in [0.717, 1.165) is 5.69 Å². The molecule has 0 heterocycles. The molecule has 2 N–H and O–H groups in total. The fourth-order valence-corrected chi connectivity index (χ4v) is 2.10. The Kier molecular flexibility index (Phi) is 5.67. The van der Waals surface area contributed by atoms with Crippen molar-refractivity contribution < 1.29 is 14.2 Å². The maximum absolute atomic E-state index is 12.7. The summed E-state index contributed by atoms with van der Waals surface area (Å²) in [5.74, 6) is 0.156. The van der Waals surface area contributed by atoms with Crippen molar-refractivity contribution in [2.45, 2.75) is 6.10 Å². The molecule has 21 heavy (non-hydrogen) atoms. The first-order valence-electron chi connectivity index (χ1n) is 6.30. The zero-order chi connectivity index (χ0) is 15.2. The summed E-state index contributed by atoms with van der Waals surface area (Å²) in [5.41, 5.74) is 0.722. The average molecular weight is 330 g/mol. The lowest BCUT2D eigenvalue weighted by molar-refractivity contribution is 0.117. The number of anilines is 1. The summed E-state index contributed by atoms with van der Waals surface area (Å²) < 4.78 is 18.2. The highest BCUT2D eigenvalue weighted by atomic mass is 35.5. The van der Waals surface area contributed by atoms with Crippen LogP contribution in [-0.4, -0.2) is 24.4 Å². The average Bonchev–Trinajstić information content (AvgIpc) is 2.46. The lowest BCUT2D eigenvalue weighted by atomic mass is 10.3. The second-order valence-corrected chi connectivity index (χ2v) is 5.27. The van der Waals surface area contributed by atoms with Crippen LogP contribution >= 0.6 is 23.2 Å². The van der Waals surface area contributed by atoms with Crippen LogP contribution in [0.4, 0.5) is 10.1 Å². The number of halogens is 3. The lowest BCUT2D eigenvalue weighted by Crippen LogP contribution is -2.26. The van der Waals surface area contributed by atoms with Crippen molar-refractivity contribution in [1.82, 2.24) is 0 Å². The van der Waals surface area contributed by atoms with E-state index in [1.54, 1.807) is 30.3 Å². The molecule has 1 atom stereocenters. The van der Waals surface area contributed by atoms with Crippen LogP contribution in [0.25, 0.3) is 0 Å². The number of rotatable bonds is 6. The summed E-state index contributed by atoms with van der Waals surface area (Å²) in [5, 5.41) is 13.7. The van der Waals surface area contributed by atoms with E-state index in [0.29, 0.717) is 15.8 Å². The second kappa shape index (κ2) is 7.50. The third kappa shape index (κ3) is 5.08. The standard InChI is InChI=1S/C15H14Cl2FNO2/c16-10-1-6-15(14(17)7-10)21-9-13(20)8-19-12-4-2-11(18)3-5-12/h1-7,13,19-20H,8-9H2. The number of hydrogen-bond donors (Lipinski definition) is 2. The van der Waals surface area contributed by atoms with Crippen LogP contribution in [0.15, 0.2) is 42.5 Å². The molecule has 6 heteroatoms. The Labute approximate surface area is 132 Å². The summed E-state index contributed by atoms with van der Waals surface area (Å²) in [6.45, 7) is 0.354. The van der Waals surface area contributed by atoms with Crippen LogP contribution in [0.1, 0.15) is 0 Å². The molecule has 1 unspecified atom stereocenters. The summed E-state index contributed by atoms with van der Waals surface area (Å²) in [7, 11) is 0. The quantitative estimate of drug-likeness (QED) is 0.842. The van der Waals surface area contributed by atoms with Crippen LogP contribution in [0.2, 0.25) is 10.0 Å². The first-order valence-corrected chi connectivity index (χ1v) is 7.05. The minimum Gasteiger partial charge on any atom is -0.489 e. The molecule has 0 aliphatic rings. The number of benzene rings is 2. The maximum atomic E-state index is 12.7. The van der Waals surface area contributed by atoms with Gasteiger partial charge in [0.15, 0.2) is 0 Å². The molecule has 2 rings (SSSR count). The fourth-order valence-electron chi connectivity index (χ4n) is 1.64. The minimum absolute atomic E-state index is 0.0789. The van der Waals surface area contributed by atoms with E-state index in [4.69, 9.17) is 27.9 Å². The molecule has 0 fully saturated rings. The molecule has 0 spiro atoms. The smallest absolute Gasteiger partial charge is 0.138 e. The Balaban J connectivity index is 1.79. The van der Waals surface area contributed by atoms with E-state index in [-0.39, 0.29) is 19.0 Å². The molecule has 0 aliphatic heterocycles. The predicted molar refractivity (Wildman–Crippen MR) is 82.9 cm³/mol. The van der Waals surface area contributed by atoms with Gasteiger partial charge in [-0.15, -0.1) is 0 Å².